The van der Waals surface area contributed by atoms with E-state index in [1.54, 1.807) is 12.1 Å². The fraction of sp³-hybridized carbons (Fsp3) is 0.455. The number of anilines is 2. The number of hydrogen-bond donors (Lipinski definition) is 2. The predicted octanol–water partition coefficient (Wildman–Crippen LogP) is 1.77. The van der Waals surface area contributed by atoms with Crippen LogP contribution >= 0.6 is 0 Å². The van der Waals surface area contributed by atoms with E-state index < -0.39 is 4.92 Å². The lowest BCUT2D eigenvalue weighted by Crippen LogP contribution is -2.28. The fourth-order valence-corrected chi connectivity index (χ4v) is 1.94. The third-order valence-electron chi connectivity index (χ3n) is 2.83. The Bertz CT molecular complexity index is 416. The van der Waals surface area contributed by atoms with Crippen LogP contribution < -0.4 is 11.1 Å². The van der Waals surface area contributed by atoms with Gasteiger partial charge in [-0.2, -0.15) is 0 Å². The molecule has 1 heterocycles. The molecule has 17 heavy (non-hydrogen) atoms. The van der Waals surface area contributed by atoms with Crippen LogP contribution in [0.4, 0.5) is 17.1 Å². The maximum absolute atomic E-state index is 10.9. The minimum atomic E-state index is -0.447. The van der Waals surface area contributed by atoms with Crippen LogP contribution in [0.1, 0.15) is 12.8 Å². The molecule has 0 bridgehead atoms. The summed E-state index contributed by atoms with van der Waals surface area (Å²) in [5.41, 5.74) is 6.25. The Labute approximate surface area is 98.9 Å². The first-order chi connectivity index (χ1) is 8.18. The highest BCUT2D eigenvalue weighted by molar-refractivity contribution is 5.74. The molecule has 1 aromatic carbocycles. The molecule has 1 aliphatic heterocycles. The molecule has 1 saturated heterocycles. The Kier molecular flexibility index (Phi) is 3.43. The van der Waals surface area contributed by atoms with Gasteiger partial charge in [0.15, 0.2) is 0 Å². The Balaban J connectivity index is 2.19. The van der Waals surface area contributed by atoms with Crippen molar-refractivity contribution in [3.05, 3.63) is 28.3 Å². The highest BCUT2D eigenvalue weighted by Gasteiger charge is 2.21. The maximum Gasteiger partial charge on any atom is 0.314 e. The molecule has 1 fully saturated rings. The Morgan fingerprint density at radius 3 is 2.76 bits per heavy atom. The van der Waals surface area contributed by atoms with E-state index >= 15 is 0 Å². The lowest BCUT2D eigenvalue weighted by Gasteiger charge is -2.24. The van der Waals surface area contributed by atoms with Crippen LogP contribution in [0.2, 0.25) is 0 Å². The summed E-state index contributed by atoms with van der Waals surface area (Å²) in [4.78, 5) is 10.5. The second-order valence-electron chi connectivity index (χ2n) is 4.03. The number of ether oxygens (including phenoxy) is 1. The van der Waals surface area contributed by atoms with Crippen molar-refractivity contribution < 1.29 is 9.66 Å². The normalized spacial score (nSPS) is 16.7. The van der Waals surface area contributed by atoms with Crippen LogP contribution in [-0.4, -0.2) is 24.2 Å². The Morgan fingerprint density at radius 2 is 2.12 bits per heavy atom. The number of nitro groups is 1. The Hall–Kier alpha value is -1.82. The van der Waals surface area contributed by atoms with Crippen molar-refractivity contribution >= 4 is 17.1 Å². The second kappa shape index (κ2) is 5.01. The van der Waals surface area contributed by atoms with Gasteiger partial charge in [0.1, 0.15) is 11.4 Å². The van der Waals surface area contributed by atoms with Gasteiger partial charge in [-0.3, -0.25) is 10.1 Å². The van der Waals surface area contributed by atoms with E-state index in [0.29, 0.717) is 18.9 Å². The van der Waals surface area contributed by atoms with Crippen molar-refractivity contribution in [3.8, 4) is 0 Å². The van der Waals surface area contributed by atoms with E-state index in [2.05, 4.69) is 5.32 Å². The zero-order valence-corrected chi connectivity index (χ0v) is 9.39. The van der Waals surface area contributed by atoms with Crippen LogP contribution in [0.5, 0.6) is 0 Å². The number of nitrogens with one attached hydrogen (secondary N) is 1. The first-order valence-corrected chi connectivity index (χ1v) is 5.55. The smallest absolute Gasteiger partial charge is 0.314 e. The molecule has 3 N–H and O–H groups in total. The molecule has 0 aromatic heterocycles. The number of benzene rings is 1. The molecule has 0 saturated carbocycles. The molecule has 6 nitrogen and oxygen atoms in total. The Morgan fingerprint density at radius 1 is 1.41 bits per heavy atom. The van der Waals surface area contributed by atoms with Crippen molar-refractivity contribution in [2.24, 2.45) is 0 Å². The van der Waals surface area contributed by atoms with Gasteiger partial charge in [-0.15, -0.1) is 0 Å². The summed E-state index contributed by atoms with van der Waals surface area (Å²) in [6.07, 6.45) is 1.71. The average Bonchev–Trinajstić information content (AvgIpc) is 2.30. The summed E-state index contributed by atoms with van der Waals surface area (Å²) in [6.45, 7) is 1.38. The van der Waals surface area contributed by atoms with Gasteiger partial charge in [0.05, 0.1) is 4.92 Å². The number of hydrogen-bond acceptors (Lipinski definition) is 5. The second-order valence-corrected chi connectivity index (χ2v) is 4.03. The molecule has 0 atom stereocenters. The van der Waals surface area contributed by atoms with Gasteiger partial charge >= 0.3 is 5.69 Å². The number of para-hydroxylation sites is 1. The number of nitro benzene ring substituents is 1. The molecule has 0 spiro atoms. The van der Waals surface area contributed by atoms with Gasteiger partial charge in [-0.05, 0) is 25.0 Å². The minimum absolute atomic E-state index is 0.0426. The first kappa shape index (κ1) is 11.7. The van der Waals surface area contributed by atoms with E-state index in [1.807, 2.05) is 0 Å². The molecule has 0 amide bonds. The predicted molar refractivity (Wildman–Crippen MR) is 65.0 cm³/mol. The van der Waals surface area contributed by atoms with Crippen molar-refractivity contribution in [1.29, 1.82) is 0 Å². The molecule has 1 aliphatic rings. The fourth-order valence-electron chi connectivity index (χ4n) is 1.94. The number of rotatable bonds is 3. The summed E-state index contributed by atoms with van der Waals surface area (Å²) in [6, 6.07) is 5.14. The molecular formula is C11H15N3O3. The molecular weight excluding hydrogens is 222 g/mol. The number of nitrogen functional groups attached to an aromatic ring is 1. The molecule has 6 heteroatoms. The third kappa shape index (κ3) is 2.65. The molecule has 0 aliphatic carbocycles. The van der Waals surface area contributed by atoms with Crippen LogP contribution in [0.15, 0.2) is 18.2 Å². The summed E-state index contributed by atoms with van der Waals surface area (Å²) < 4.78 is 5.24. The van der Waals surface area contributed by atoms with E-state index in [4.69, 9.17) is 10.5 Å². The van der Waals surface area contributed by atoms with Gasteiger partial charge in [0.2, 0.25) is 0 Å². The van der Waals surface area contributed by atoms with Gasteiger partial charge in [-0.25, -0.2) is 0 Å². The summed E-state index contributed by atoms with van der Waals surface area (Å²) in [5.74, 6) is 0. The van der Waals surface area contributed by atoms with Crippen molar-refractivity contribution in [2.75, 3.05) is 24.3 Å². The summed E-state index contributed by atoms with van der Waals surface area (Å²) in [5, 5.41) is 14.1. The van der Waals surface area contributed by atoms with Gasteiger partial charge < -0.3 is 15.8 Å². The lowest BCUT2D eigenvalue weighted by atomic mass is 10.1. The first-order valence-electron chi connectivity index (χ1n) is 5.55. The number of nitrogens with two attached hydrogens (primary N) is 1. The zero-order valence-electron chi connectivity index (χ0n) is 9.39. The van der Waals surface area contributed by atoms with E-state index in [1.165, 1.54) is 6.07 Å². The van der Waals surface area contributed by atoms with Crippen molar-refractivity contribution in [2.45, 2.75) is 18.9 Å². The largest absolute Gasteiger partial charge is 0.393 e. The maximum atomic E-state index is 10.9. The van der Waals surface area contributed by atoms with E-state index in [0.717, 1.165) is 12.8 Å². The monoisotopic (exact) mass is 237 g/mol. The highest BCUT2D eigenvalue weighted by atomic mass is 16.6. The molecule has 2 rings (SSSR count). The van der Waals surface area contributed by atoms with E-state index in [9.17, 15) is 10.1 Å². The molecule has 0 unspecified atom stereocenters. The van der Waals surface area contributed by atoms with Crippen LogP contribution in [0, 0.1) is 10.1 Å². The van der Waals surface area contributed by atoms with Gasteiger partial charge in [-0.1, -0.05) is 6.07 Å². The average molecular weight is 237 g/mol. The van der Waals surface area contributed by atoms with Crippen molar-refractivity contribution in [3.63, 3.8) is 0 Å². The summed E-state index contributed by atoms with van der Waals surface area (Å²) in [7, 11) is 0. The topological polar surface area (TPSA) is 90.4 Å². The minimum Gasteiger partial charge on any atom is -0.393 e. The number of nitrogens with zero attached hydrogens (tertiary/aromatic N) is 1. The summed E-state index contributed by atoms with van der Waals surface area (Å²) >= 11 is 0. The molecule has 92 valence electrons. The van der Waals surface area contributed by atoms with Crippen LogP contribution in [0.3, 0.4) is 0 Å². The van der Waals surface area contributed by atoms with Gasteiger partial charge in [0.25, 0.3) is 0 Å². The van der Waals surface area contributed by atoms with Crippen molar-refractivity contribution in [1.82, 2.24) is 0 Å². The molecule has 0 radical (unpaired) electrons. The van der Waals surface area contributed by atoms with E-state index in [-0.39, 0.29) is 17.4 Å². The molecule has 1 aromatic rings. The zero-order chi connectivity index (χ0) is 12.3. The SMILES string of the molecule is Nc1cccc(NC2CCOCC2)c1[N+](=O)[O-]. The lowest BCUT2D eigenvalue weighted by molar-refractivity contribution is -0.383. The van der Waals surface area contributed by atoms with Crippen LogP contribution in [0.25, 0.3) is 0 Å². The highest BCUT2D eigenvalue weighted by Crippen LogP contribution is 2.31. The van der Waals surface area contributed by atoms with Gasteiger partial charge in [0, 0.05) is 19.3 Å². The van der Waals surface area contributed by atoms with Crippen LogP contribution in [-0.2, 0) is 4.74 Å². The standard InChI is InChI=1S/C11H15N3O3/c12-9-2-1-3-10(11(9)14(15)16)13-8-4-6-17-7-5-8/h1-3,8,13H,4-7,12H2. The quantitative estimate of drug-likeness (QED) is 0.475. The third-order valence-corrected chi connectivity index (χ3v) is 2.83.